The number of hydrogen-bond donors (Lipinski definition) is 1. The molecule has 1 rings (SSSR count). The highest BCUT2D eigenvalue weighted by Gasteiger charge is 2.75. The average Bonchev–Trinajstić information content (AvgIpc) is 2.19. The molecule has 2 nitrogen and oxygen atoms in total. The summed E-state index contributed by atoms with van der Waals surface area (Å²) in [7, 11) is 0. The van der Waals surface area contributed by atoms with Crippen molar-refractivity contribution >= 4 is 0 Å². The fraction of sp³-hybridized carbons (Fsp3) is 0.333. The lowest BCUT2D eigenvalue weighted by Gasteiger charge is -2.27. The van der Waals surface area contributed by atoms with Crippen LogP contribution in [0.3, 0.4) is 0 Å². The molecule has 0 unspecified atom stereocenters. The van der Waals surface area contributed by atoms with Crippen molar-refractivity contribution in [3.63, 3.8) is 0 Å². The summed E-state index contributed by atoms with van der Waals surface area (Å²) in [6.07, 6.45) is -12.2. The third kappa shape index (κ3) is 2.59. The second kappa shape index (κ2) is 4.21. The summed E-state index contributed by atoms with van der Waals surface area (Å²) in [4.78, 5) is 0. The summed E-state index contributed by atoms with van der Waals surface area (Å²) in [5.41, 5.74) is 0. The summed E-state index contributed by atoms with van der Waals surface area (Å²) in [5.74, 6) is -7.67. The summed E-state index contributed by atoms with van der Waals surface area (Å²) in [6.45, 7) is 0. The van der Waals surface area contributed by atoms with E-state index in [1.54, 1.807) is 0 Å². The highest BCUT2D eigenvalue weighted by atomic mass is 19.4. The zero-order valence-corrected chi connectivity index (χ0v) is 8.31. The van der Waals surface area contributed by atoms with E-state index in [4.69, 9.17) is 5.11 Å². The molecule has 1 N–H and O–H groups in total. The van der Waals surface area contributed by atoms with Crippen molar-refractivity contribution < 1.29 is 40.6 Å². The zero-order chi connectivity index (χ0) is 14.2. The number of ether oxygens (including phenoxy) is 1. The Morgan fingerprint density at radius 2 is 1.28 bits per heavy atom. The van der Waals surface area contributed by atoms with Gasteiger partial charge in [0.05, 0.1) is 0 Å². The van der Waals surface area contributed by atoms with Crippen LogP contribution in [0, 0.1) is 0 Å². The molecule has 0 radical (unpaired) electrons. The van der Waals surface area contributed by atoms with Crippen LogP contribution in [0.5, 0.6) is 11.5 Å². The molecule has 102 valence electrons. The number of alkyl halides is 7. The van der Waals surface area contributed by atoms with Crippen molar-refractivity contribution in [2.75, 3.05) is 0 Å². The van der Waals surface area contributed by atoms with Crippen LogP contribution in [-0.4, -0.2) is 23.3 Å². The van der Waals surface area contributed by atoms with Gasteiger partial charge < -0.3 is 9.84 Å². The minimum Gasteiger partial charge on any atom is -0.508 e. The molecule has 0 bridgehead atoms. The fourth-order valence-electron chi connectivity index (χ4n) is 0.891. The van der Waals surface area contributed by atoms with E-state index in [0.29, 0.717) is 12.1 Å². The quantitative estimate of drug-likeness (QED) is 0.856. The smallest absolute Gasteiger partial charge is 0.474 e. The second-order valence-corrected chi connectivity index (χ2v) is 3.18. The van der Waals surface area contributed by atoms with Crippen molar-refractivity contribution in [1.82, 2.24) is 0 Å². The van der Waals surface area contributed by atoms with Crippen LogP contribution in [0.15, 0.2) is 24.3 Å². The molecule has 0 aliphatic heterocycles. The average molecular weight is 278 g/mol. The molecule has 0 heterocycles. The normalized spacial score (nSPS) is 13.5. The van der Waals surface area contributed by atoms with E-state index in [1.807, 2.05) is 0 Å². The molecule has 0 spiro atoms. The van der Waals surface area contributed by atoms with Gasteiger partial charge in [0.1, 0.15) is 11.5 Å². The first kappa shape index (κ1) is 14.4. The molecule has 0 aliphatic rings. The lowest BCUT2D eigenvalue weighted by atomic mass is 10.3. The van der Waals surface area contributed by atoms with Crippen LogP contribution in [-0.2, 0) is 0 Å². The maximum Gasteiger partial charge on any atom is 0.474 e. The molecule has 0 aliphatic carbocycles. The van der Waals surface area contributed by atoms with E-state index in [9.17, 15) is 30.7 Å². The van der Waals surface area contributed by atoms with Crippen LogP contribution >= 0.6 is 0 Å². The maximum atomic E-state index is 12.7. The first-order chi connectivity index (χ1) is 7.97. The van der Waals surface area contributed by atoms with Crippen LogP contribution in [0.4, 0.5) is 30.7 Å². The summed E-state index contributed by atoms with van der Waals surface area (Å²) in [6, 6.07) is 2.82. The predicted octanol–water partition coefficient (Wildman–Crippen LogP) is 3.56. The largest absolute Gasteiger partial charge is 0.508 e. The third-order valence-electron chi connectivity index (χ3n) is 1.80. The Bertz CT molecular complexity index is 410. The van der Waals surface area contributed by atoms with E-state index in [2.05, 4.69) is 4.74 Å². The number of rotatable bonds is 3. The van der Waals surface area contributed by atoms with Crippen LogP contribution in [0.2, 0.25) is 0 Å². The summed E-state index contributed by atoms with van der Waals surface area (Å²) in [5, 5.41) is 8.77. The number of phenols is 1. The van der Waals surface area contributed by atoms with E-state index in [1.165, 1.54) is 0 Å². The van der Waals surface area contributed by atoms with Gasteiger partial charge >= 0.3 is 18.2 Å². The van der Waals surface area contributed by atoms with Gasteiger partial charge in [0.15, 0.2) is 0 Å². The molecule has 1 aromatic carbocycles. The Balaban J connectivity index is 2.97. The Labute approximate surface area is 95.6 Å². The Morgan fingerprint density at radius 1 is 0.833 bits per heavy atom. The molecule has 1 aromatic rings. The van der Waals surface area contributed by atoms with Crippen molar-refractivity contribution in [2.45, 2.75) is 18.2 Å². The molecule has 0 amide bonds. The molecular formula is C9H5F7O2. The van der Waals surface area contributed by atoms with Crippen molar-refractivity contribution in [3.8, 4) is 11.5 Å². The first-order valence-electron chi connectivity index (χ1n) is 4.28. The fourth-order valence-corrected chi connectivity index (χ4v) is 0.891. The van der Waals surface area contributed by atoms with Crippen molar-refractivity contribution in [2.24, 2.45) is 0 Å². The highest BCUT2D eigenvalue weighted by Crippen LogP contribution is 2.47. The SMILES string of the molecule is Oc1ccc(OC(F)(F)C(F)(F)C(F)(F)F)cc1. The van der Waals surface area contributed by atoms with E-state index in [-0.39, 0.29) is 0 Å². The molecule has 0 fully saturated rings. The summed E-state index contributed by atoms with van der Waals surface area (Å²) >= 11 is 0. The minimum absolute atomic E-state index is 0.395. The molecule has 0 aromatic heterocycles. The Morgan fingerprint density at radius 3 is 1.67 bits per heavy atom. The van der Waals surface area contributed by atoms with Gasteiger partial charge in [-0.05, 0) is 24.3 Å². The molecule has 0 saturated heterocycles. The highest BCUT2D eigenvalue weighted by molar-refractivity contribution is 5.30. The van der Waals surface area contributed by atoms with E-state index in [0.717, 1.165) is 12.1 Å². The van der Waals surface area contributed by atoms with Gasteiger partial charge in [0, 0.05) is 0 Å². The molecule has 0 saturated carbocycles. The number of aromatic hydroxyl groups is 1. The summed E-state index contributed by atoms with van der Waals surface area (Å²) < 4.78 is 88.9. The van der Waals surface area contributed by atoms with Crippen LogP contribution < -0.4 is 4.74 Å². The Kier molecular flexibility index (Phi) is 3.37. The molecular weight excluding hydrogens is 273 g/mol. The van der Waals surface area contributed by atoms with Gasteiger partial charge in [-0.15, -0.1) is 0 Å². The number of phenolic OH excluding ortho intramolecular Hbond substituents is 1. The standard InChI is InChI=1S/C9H5F7O2/c10-7(11,8(12,13)14)9(15,16)18-6-3-1-5(17)2-4-6/h1-4,17H. The van der Waals surface area contributed by atoms with Crippen LogP contribution in [0.25, 0.3) is 0 Å². The number of hydrogen-bond acceptors (Lipinski definition) is 2. The monoisotopic (exact) mass is 278 g/mol. The van der Waals surface area contributed by atoms with Gasteiger partial charge in [-0.25, -0.2) is 0 Å². The van der Waals surface area contributed by atoms with Crippen LogP contribution in [0.1, 0.15) is 0 Å². The van der Waals surface area contributed by atoms with Gasteiger partial charge in [0.2, 0.25) is 0 Å². The topological polar surface area (TPSA) is 29.5 Å². The maximum absolute atomic E-state index is 12.7. The minimum atomic E-state index is -6.45. The lowest BCUT2D eigenvalue weighted by molar-refractivity contribution is -0.402. The third-order valence-corrected chi connectivity index (χ3v) is 1.80. The van der Waals surface area contributed by atoms with Crippen molar-refractivity contribution in [3.05, 3.63) is 24.3 Å². The molecule has 0 atom stereocenters. The van der Waals surface area contributed by atoms with E-state index >= 15 is 0 Å². The second-order valence-electron chi connectivity index (χ2n) is 3.18. The van der Waals surface area contributed by atoms with Gasteiger partial charge in [-0.1, -0.05) is 0 Å². The first-order valence-corrected chi connectivity index (χ1v) is 4.28. The number of benzene rings is 1. The lowest BCUT2D eigenvalue weighted by Crippen LogP contribution is -2.55. The molecule has 9 heteroatoms. The van der Waals surface area contributed by atoms with Crippen molar-refractivity contribution in [1.29, 1.82) is 0 Å². The number of halogens is 7. The predicted molar refractivity (Wildman–Crippen MR) is 44.7 cm³/mol. The Hall–Kier alpha value is -1.67. The van der Waals surface area contributed by atoms with Gasteiger partial charge in [0.25, 0.3) is 0 Å². The van der Waals surface area contributed by atoms with Gasteiger partial charge in [-0.2, -0.15) is 30.7 Å². The molecule has 18 heavy (non-hydrogen) atoms. The van der Waals surface area contributed by atoms with E-state index < -0.39 is 29.7 Å². The van der Waals surface area contributed by atoms with Gasteiger partial charge in [-0.3, -0.25) is 0 Å². The zero-order valence-electron chi connectivity index (χ0n) is 8.31.